The summed E-state index contributed by atoms with van der Waals surface area (Å²) in [5, 5.41) is 7.74. The Hall–Kier alpha value is 2.88. The van der Waals surface area contributed by atoms with Gasteiger partial charge >= 0.3 is 88.7 Å². The molecule has 0 rings (SSSR count). The van der Waals surface area contributed by atoms with E-state index in [1.54, 1.807) is 0 Å². The quantitative estimate of drug-likeness (QED) is 0.269. The van der Waals surface area contributed by atoms with Crippen LogP contribution in [0.3, 0.4) is 0 Å². The SMILES string of the molecule is NCCNO.[H-].[H-].[H-].[Na+].[Na+].[Na+]. The molecule has 0 saturated carbocycles. The van der Waals surface area contributed by atoms with Crippen molar-refractivity contribution in [2.75, 3.05) is 13.1 Å². The van der Waals surface area contributed by atoms with E-state index in [4.69, 9.17) is 10.9 Å². The second-order valence-electron chi connectivity index (χ2n) is 0.697. The fraction of sp³-hybridized carbons (Fsp3) is 1.00. The minimum atomic E-state index is 0. The van der Waals surface area contributed by atoms with Gasteiger partial charge in [0.25, 0.3) is 0 Å². The maximum Gasteiger partial charge on any atom is 1.00 e. The topological polar surface area (TPSA) is 58.3 Å². The minimum Gasteiger partial charge on any atom is -1.00 e. The van der Waals surface area contributed by atoms with E-state index < -0.39 is 0 Å². The summed E-state index contributed by atoms with van der Waals surface area (Å²) in [7, 11) is 0. The maximum atomic E-state index is 7.74. The first kappa shape index (κ1) is 22.4. The van der Waals surface area contributed by atoms with Crippen LogP contribution in [0.15, 0.2) is 0 Å². The standard InChI is InChI=1S/C2H8N2O.3Na.3H/c3-1-2-4-5;;;;;;/h4-5H,1-3H2;;;;;;/q;3*+1;3*-1. The third-order valence-corrected chi connectivity index (χ3v) is 0.256. The fourth-order valence-electron chi connectivity index (χ4n) is 0.0645. The molecule has 0 amide bonds. The van der Waals surface area contributed by atoms with E-state index in [-0.39, 0.29) is 93.0 Å². The first-order valence-corrected chi connectivity index (χ1v) is 1.49. The summed E-state index contributed by atoms with van der Waals surface area (Å²) in [5.41, 5.74) is 6.81. The summed E-state index contributed by atoms with van der Waals surface area (Å²) in [4.78, 5) is 0. The maximum absolute atomic E-state index is 7.74. The predicted octanol–water partition coefficient (Wildman–Crippen LogP) is -9.73. The Kier molecular flexibility index (Phi) is 63.2. The second-order valence-corrected chi connectivity index (χ2v) is 0.697. The summed E-state index contributed by atoms with van der Waals surface area (Å²) in [6.07, 6.45) is 0. The average molecular weight is 148 g/mol. The summed E-state index contributed by atoms with van der Waals surface area (Å²) in [6, 6.07) is 0. The van der Waals surface area contributed by atoms with Crippen molar-refractivity contribution in [1.82, 2.24) is 5.48 Å². The minimum absolute atomic E-state index is 0. The van der Waals surface area contributed by atoms with Gasteiger partial charge in [0.1, 0.15) is 0 Å². The zero-order valence-corrected chi connectivity index (χ0v) is 11.9. The summed E-state index contributed by atoms with van der Waals surface area (Å²) >= 11 is 0. The van der Waals surface area contributed by atoms with Crippen LogP contribution >= 0.6 is 0 Å². The van der Waals surface area contributed by atoms with Gasteiger partial charge in [-0.15, -0.1) is 0 Å². The van der Waals surface area contributed by atoms with Gasteiger partial charge < -0.3 is 15.2 Å². The van der Waals surface area contributed by atoms with Crippen LogP contribution in [-0.2, 0) is 0 Å². The number of rotatable bonds is 2. The predicted molar refractivity (Wildman–Crippen MR) is 22.2 cm³/mol. The molecule has 0 saturated heterocycles. The summed E-state index contributed by atoms with van der Waals surface area (Å²) in [6.45, 7) is 0.955. The Bertz CT molecular complexity index is 32.1. The molecule has 0 aliphatic carbocycles. The first-order chi connectivity index (χ1) is 2.41. The molecule has 0 aliphatic rings. The third kappa shape index (κ3) is 23.2. The van der Waals surface area contributed by atoms with E-state index in [0.717, 1.165) is 0 Å². The Morgan fingerprint density at radius 3 is 1.75 bits per heavy atom. The molecule has 0 fully saturated rings. The van der Waals surface area contributed by atoms with E-state index in [9.17, 15) is 0 Å². The Morgan fingerprint density at radius 2 is 1.75 bits per heavy atom. The average Bonchev–Trinajstić information content (AvgIpc) is 1.41. The van der Waals surface area contributed by atoms with E-state index in [1.165, 1.54) is 0 Å². The second kappa shape index (κ2) is 22.5. The van der Waals surface area contributed by atoms with Crippen molar-refractivity contribution < 1.29 is 98.2 Å². The number of hydrogen-bond donors (Lipinski definition) is 3. The van der Waals surface area contributed by atoms with Crippen LogP contribution in [0.25, 0.3) is 0 Å². The van der Waals surface area contributed by atoms with Gasteiger partial charge in [-0.25, -0.2) is 5.48 Å². The first-order valence-electron chi connectivity index (χ1n) is 1.49. The van der Waals surface area contributed by atoms with E-state index >= 15 is 0 Å². The fourth-order valence-corrected chi connectivity index (χ4v) is 0.0645. The molecular weight excluding hydrogens is 137 g/mol. The Morgan fingerprint density at radius 1 is 1.38 bits per heavy atom. The van der Waals surface area contributed by atoms with Crippen LogP contribution in [0.5, 0.6) is 0 Å². The van der Waals surface area contributed by atoms with Crippen LogP contribution in [0, 0.1) is 0 Å². The molecule has 0 aliphatic heterocycles. The molecule has 4 N–H and O–H groups in total. The van der Waals surface area contributed by atoms with Crippen LogP contribution in [-0.4, -0.2) is 18.3 Å². The third-order valence-electron chi connectivity index (χ3n) is 0.256. The van der Waals surface area contributed by atoms with E-state index in [0.29, 0.717) is 13.1 Å². The van der Waals surface area contributed by atoms with Crippen molar-refractivity contribution in [3.8, 4) is 0 Å². The van der Waals surface area contributed by atoms with Gasteiger partial charge in [-0.3, -0.25) is 0 Å². The van der Waals surface area contributed by atoms with Gasteiger partial charge in [0.2, 0.25) is 0 Å². The zero-order valence-electron chi connectivity index (χ0n) is 8.94. The number of hydrogen-bond acceptors (Lipinski definition) is 3. The Labute approximate surface area is 120 Å². The zero-order chi connectivity index (χ0) is 4.12. The molecule has 38 valence electrons. The van der Waals surface area contributed by atoms with Crippen molar-refractivity contribution in [1.29, 1.82) is 0 Å². The van der Waals surface area contributed by atoms with Crippen molar-refractivity contribution in [2.24, 2.45) is 5.73 Å². The van der Waals surface area contributed by atoms with Gasteiger partial charge in [-0.2, -0.15) is 0 Å². The molecule has 0 unspecified atom stereocenters. The molecule has 0 bridgehead atoms. The molecule has 0 spiro atoms. The molecule has 0 aromatic carbocycles. The largest absolute Gasteiger partial charge is 1.00 e. The summed E-state index contributed by atoms with van der Waals surface area (Å²) < 4.78 is 0. The molecule has 0 atom stereocenters. The van der Waals surface area contributed by atoms with E-state index in [2.05, 4.69) is 0 Å². The van der Waals surface area contributed by atoms with Gasteiger partial charge in [-0.1, -0.05) is 0 Å². The van der Waals surface area contributed by atoms with Gasteiger partial charge in [-0.05, 0) is 0 Å². The van der Waals surface area contributed by atoms with Crippen molar-refractivity contribution in [2.45, 2.75) is 0 Å². The molecule has 3 nitrogen and oxygen atoms in total. The van der Waals surface area contributed by atoms with Crippen LogP contribution in [0.1, 0.15) is 4.28 Å². The molecule has 0 aromatic rings. The van der Waals surface area contributed by atoms with E-state index in [1.807, 2.05) is 5.48 Å². The number of nitrogens with one attached hydrogen (secondary N) is 1. The number of hydroxylamine groups is 1. The van der Waals surface area contributed by atoms with Gasteiger partial charge in [0.05, 0.1) is 0 Å². The van der Waals surface area contributed by atoms with Crippen LogP contribution in [0.4, 0.5) is 0 Å². The van der Waals surface area contributed by atoms with Gasteiger partial charge in [0, 0.05) is 13.1 Å². The molecule has 8 heavy (non-hydrogen) atoms. The van der Waals surface area contributed by atoms with Crippen LogP contribution in [0.2, 0.25) is 0 Å². The van der Waals surface area contributed by atoms with Gasteiger partial charge in [0.15, 0.2) is 0 Å². The van der Waals surface area contributed by atoms with Crippen LogP contribution < -0.4 is 99.9 Å². The monoisotopic (exact) mass is 148 g/mol. The molecular formula is C2H11N2Na3O. The summed E-state index contributed by atoms with van der Waals surface area (Å²) in [5.74, 6) is 0. The normalized spacial score (nSPS) is 5.25. The number of nitrogens with two attached hydrogens (primary N) is 1. The van der Waals surface area contributed by atoms with Crippen molar-refractivity contribution in [3.05, 3.63) is 0 Å². The smallest absolute Gasteiger partial charge is 1.00 e. The molecule has 0 radical (unpaired) electrons. The Balaban J connectivity index is -0.00000000533. The molecule has 6 heteroatoms. The van der Waals surface area contributed by atoms with Crippen molar-refractivity contribution in [3.63, 3.8) is 0 Å². The van der Waals surface area contributed by atoms with Crippen molar-refractivity contribution >= 4 is 0 Å². The molecule has 0 heterocycles. The molecule has 0 aromatic heterocycles.